The van der Waals surface area contributed by atoms with Gasteiger partial charge in [-0.1, -0.05) is 0 Å². The van der Waals surface area contributed by atoms with E-state index in [2.05, 4.69) is 9.97 Å². The van der Waals surface area contributed by atoms with Gasteiger partial charge < -0.3 is 25.7 Å². The third-order valence-corrected chi connectivity index (χ3v) is 3.34. The van der Waals surface area contributed by atoms with Gasteiger partial charge in [-0.05, 0) is 17.7 Å². The van der Waals surface area contributed by atoms with Gasteiger partial charge in [0.2, 0.25) is 5.95 Å². The van der Waals surface area contributed by atoms with Crippen molar-refractivity contribution < 1.29 is 19.0 Å². The highest BCUT2D eigenvalue weighted by Gasteiger charge is 2.14. The number of benzene rings is 1. The second-order valence-electron chi connectivity index (χ2n) is 4.99. The first-order chi connectivity index (χ1) is 11.6. The van der Waals surface area contributed by atoms with Crippen molar-refractivity contribution in [2.24, 2.45) is 0 Å². The largest absolute Gasteiger partial charge is 0.493 e. The number of carbonyl (C=O) groups is 1. The number of nitrogens with zero attached hydrogens (tertiary/aromatic N) is 2. The van der Waals surface area contributed by atoms with Gasteiger partial charge in [-0.2, -0.15) is 4.98 Å². The highest BCUT2D eigenvalue weighted by molar-refractivity contribution is 5.82. The van der Waals surface area contributed by atoms with Crippen molar-refractivity contribution >= 4 is 18.1 Å². The molecule has 0 radical (unpaired) electrons. The summed E-state index contributed by atoms with van der Waals surface area (Å²) in [6.07, 6.45) is 2.71. The summed E-state index contributed by atoms with van der Waals surface area (Å²) in [6.45, 7) is 0.717. The van der Waals surface area contributed by atoms with Crippen molar-refractivity contribution in [2.45, 2.75) is 6.42 Å². The van der Waals surface area contributed by atoms with Crippen LogP contribution in [0.3, 0.4) is 0 Å². The molecule has 0 saturated heterocycles. The van der Waals surface area contributed by atoms with Crippen LogP contribution in [0.25, 0.3) is 0 Å². The van der Waals surface area contributed by atoms with E-state index in [1.54, 1.807) is 25.4 Å². The summed E-state index contributed by atoms with van der Waals surface area (Å²) >= 11 is 0. The van der Waals surface area contributed by atoms with E-state index in [0.29, 0.717) is 48.1 Å². The number of methoxy groups -OCH3 is 2. The maximum atomic E-state index is 11.4. The van der Waals surface area contributed by atoms with E-state index in [4.69, 9.17) is 25.7 Å². The van der Waals surface area contributed by atoms with Gasteiger partial charge in [-0.3, -0.25) is 4.79 Å². The third kappa shape index (κ3) is 4.11. The lowest BCUT2D eigenvalue weighted by Gasteiger charge is -2.15. The van der Waals surface area contributed by atoms with Gasteiger partial charge in [-0.15, -0.1) is 0 Å². The molecule has 0 bridgehead atoms. The van der Waals surface area contributed by atoms with Crippen LogP contribution >= 0.6 is 0 Å². The number of nitrogens with two attached hydrogens (primary N) is 2. The number of anilines is 2. The fourth-order valence-corrected chi connectivity index (χ4v) is 2.20. The first-order valence-corrected chi connectivity index (χ1v) is 7.23. The molecule has 4 N–H and O–H groups in total. The van der Waals surface area contributed by atoms with E-state index in [-0.39, 0.29) is 5.95 Å². The molecule has 128 valence electrons. The van der Waals surface area contributed by atoms with Crippen molar-refractivity contribution in [3.8, 4) is 11.5 Å². The molecular formula is C16H20N4O4. The molecule has 2 aromatic rings. The molecule has 0 unspecified atom stereocenters. The van der Waals surface area contributed by atoms with E-state index in [1.165, 1.54) is 7.11 Å². The average Bonchev–Trinajstić information content (AvgIpc) is 2.58. The van der Waals surface area contributed by atoms with E-state index in [1.807, 2.05) is 0 Å². The maximum Gasteiger partial charge on any atom is 0.221 e. The second kappa shape index (κ2) is 8.11. The van der Waals surface area contributed by atoms with Gasteiger partial charge in [0.05, 0.1) is 19.3 Å². The topological polar surface area (TPSA) is 123 Å². The van der Waals surface area contributed by atoms with Crippen LogP contribution in [0.1, 0.15) is 21.5 Å². The Bertz CT molecular complexity index is 721. The van der Waals surface area contributed by atoms with Crippen LogP contribution in [0.2, 0.25) is 0 Å². The van der Waals surface area contributed by atoms with E-state index >= 15 is 0 Å². The van der Waals surface area contributed by atoms with Gasteiger partial charge in [0.1, 0.15) is 12.4 Å². The molecule has 8 heteroatoms. The van der Waals surface area contributed by atoms with Crippen molar-refractivity contribution in [1.82, 2.24) is 9.97 Å². The number of nitrogen functional groups attached to an aromatic ring is 2. The molecule has 2 rings (SSSR count). The van der Waals surface area contributed by atoms with E-state index in [9.17, 15) is 4.79 Å². The Morgan fingerprint density at radius 3 is 2.62 bits per heavy atom. The summed E-state index contributed by atoms with van der Waals surface area (Å²) in [5.74, 6) is 1.26. The number of hydrogen-bond acceptors (Lipinski definition) is 8. The first kappa shape index (κ1) is 17.5. The molecule has 1 aromatic carbocycles. The lowest BCUT2D eigenvalue weighted by Crippen LogP contribution is -2.08. The highest BCUT2D eigenvalue weighted by atomic mass is 16.5. The normalized spacial score (nSPS) is 10.4. The fourth-order valence-electron chi connectivity index (χ4n) is 2.20. The number of aldehydes is 1. The molecule has 0 amide bonds. The van der Waals surface area contributed by atoms with E-state index in [0.717, 1.165) is 11.8 Å². The Kier molecular flexibility index (Phi) is 5.91. The second-order valence-corrected chi connectivity index (χ2v) is 4.99. The Hall–Kier alpha value is -2.87. The SMILES string of the molecule is COCCOc1c(C=O)cc(Cc2cnc(N)nc2N)cc1OC. The number of hydrogen-bond donors (Lipinski definition) is 2. The highest BCUT2D eigenvalue weighted by Crippen LogP contribution is 2.33. The smallest absolute Gasteiger partial charge is 0.221 e. The minimum absolute atomic E-state index is 0.115. The Labute approximate surface area is 139 Å². The first-order valence-electron chi connectivity index (χ1n) is 7.23. The Morgan fingerprint density at radius 1 is 1.21 bits per heavy atom. The zero-order valence-corrected chi connectivity index (χ0v) is 13.6. The number of aromatic nitrogens is 2. The maximum absolute atomic E-state index is 11.4. The molecule has 0 aliphatic heterocycles. The predicted molar refractivity (Wildman–Crippen MR) is 89.4 cm³/mol. The molecule has 8 nitrogen and oxygen atoms in total. The van der Waals surface area contributed by atoms with Gasteiger partial charge in [0, 0.05) is 25.3 Å². The third-order valence-electron chi connectivity index (χ3n) is 3.34. The van der Waals surface area contributed by atoms with Crippen LogP contribution in [0.4, 0.5) is 11.8 Å². The van der Waals surface area contributed by atoms with Crippen molar-refractivity contribution in [3.05, 3.63) is 35.0 Å². The zero-order chi connectivity index (χ0) is 17.5. The average molecular weight is 332 g/mol. The molecule has 1 heterocycles. The number of carbonyl (C=O) groups excluding carboxylic acids is 1. The molecule has 1 aromatic heterocycles. The number of rotatable bonds is 8. The molecule has 0 aliphatic rings. The molecular weight excluding hydrogens is 312 g/mol. The predicted octanol–water partition coefficient (Wildman–Crippen LogP) is 1.08. The lowest BCUT2D eigenvalue weighted by atomic mass is 10.0. The Morgan fingerprint density at radius 2 is 2.00 bits per heavy atom. The van der Waals surface area contributed by atoms with Crippen LogP contribution in [-0.2, 0) is 11.2 Å². The summed E-state index contributed by atoms with van der Waals surface area (Å²) in [6, 6.07) is 3.50. The van der Waals surface area contributed by atoms with Gasteiger partial charge in [0.25, 0.3) is 0 Å². The van der Waals surface area contributed by atoms with Crippen LogP contribution in [0.5, 0.6) is 11.5 Å². The zero-order valence-electron chi connectivity index (χ0n) is 13.6. The van der Waals surface area contributed by atoms with Crippen molar-refractivity contribution in [1.29, 1.82) is 0 Å². The van der Waals surface area contributed by atoms with Crippen LogP contribution in [0.15, 0.2) is 18.3 Å². The Balaban J connectivity index is 2.32. The quantitative estimate of drug-likeness (QED) is 0.544. The molecule has 0 atom stereocenters. The molecule has 0 fully saturated rings. The van der Waals surface area contributed by atoms with Crippen molar-refractivity contribution in [3.63, 3.8) is 0 Å². The van der Waals surface area contributed by atoms with Crippen molar-refractivity contribution in [2.75, 3.05) is 38.9 Å². The van der Waals surface area contributed by atoms with Crippen LogP contribution < -0.4 is 20.9 Å². The van der Waals surface area contributed by atoms with Crippen LogP contribution in [0, 0.1) is 0 Å². The van der Waals surface area contributed by atoms with Crippen LogP contribution in [-0.4, -0.2) is 43.7 Å². The lowest BCUT2D eigenvalue weighted by molar-refractivity contribution is 0.111. The molecule has 0 spiro atoms. The summed E-state index contributed by atoms with van der Waals surface area (Å²) in [7, 11) is 3.08. The minimum Gasteiger partial charge on any atom is -0.493 e. The van der Waals surface area contributed by atoms with Gasteiger partial charge in [-0.25, -0.2) is 4.98 Å². The molecule has 24 heavy (non-hydrogen) atoms. The molecule has 0 saturated carbocycles. The minimum atomic E-state index is 0.115. The van der Waals surface area contributed by atoms with Gasteiger partial charge in [0.15, 0.2) is 17.8 Å². The standard InChI is InChI=1S/C16H20N4O4/c1-22-3-4-24-14-12(9-21)6-10(7-13(14)23-2)5-11-8-19-16(18)20-15(11)17/h6-9H,3-5H2,1-2H3,(H4,17,18,19,20). The van der Waals surface area contributed by atoms with E-state index < -0.39 is 0 Å². The summed E-state index contributed by atoms with van der Waals surface area (Å²) in [5, 5.41) is 0. The summed E-state index contributed by atoms with van der Waals surface area (Å²) in [5.41, 5.74) is 13.2. The fraction of sp³-hybridized carbons (Fsp3) is 0.312. The monoisotopic (exact) mass is 332 g/mol. The molecule has 0 aliphatic carbocycles. The van der Waals surface area contributed by atoms with Gasteiger partial charge >= 0.3 is 0 Å². The summed E-state index contributed by atoms with van der Waals surface area (Å²) < 4.78 is 15.9. The summed E-state index contributed by atoms with van der Waals surface area (Å²) in [4.78, 5) is 19.3. The number of ether oxygens (including phenoxy) is 3.